The summed E-state index contributed by atoms with van der Waals surface area (Å²) in [6, 6.07) is 0. The minimum Gasteiger partial charge on any atom is -0.504 e. The highest BCUT2D eigenvalue weighted by Crippen LogP contribution is 2.11. The molecule has 0 amide bonds. The standard InChI is InChI=1S/C17H24N2O3/c1-5-6-7-8-11-22-15(3)10-9-14(2)17(18-4)19-12-16(21)13-20/h5,8,11-13,21H,1-3,6-7,9-10H2,4H3,(H,18,19)/b11-8+,16-12+. The van der Waals surface area contributed by atoms with Crippen LogP contribution in [0.3, 0.4) is 0 Å². The molecule has 5 heteroatoms. The number of aldehydes is 1. The van der Waals surface area contributed by atoms with Crippen molar-refractivity contribution in [3.8, 4) is 0 Å². The summed E-state index contributed by atoms with van der Waals surface area (Å²) >= 11 is 0. The summed E-state index contributed by atoms with van der Waals surface area (Å²) in [5.41, 5.74) is 0.720. The van der Waals surface area contributed by atoms with Crippen LogP contribution in [0.25, 0.3) is 0 Å². The van der Waals surface area contributed by atoms with E-state index in [1.165, 1.54) is 0 Å². The molecule has 0 saturated carbocycles. The summed E-state index contributed by atoms with van der Waals surface area (Å²) in [5.74, 6) is 0.701. The maximum atomic E-state index is 10.3. The number of hydrogen-bond acceptors (Lipinski definition) is 4. The molecule has 0 radical (unpaired) electrons. The van der Waals surface area contributed by atoms with Gasteiger partial charge in [0.1, 0.15) is 5.84 Å². The summed E-state index contributed by atoms with van der Waals surface area (Å²) in [5, 5.41) is 11.8. The monoisotopic (exact) mass is 304 g/mol. The molecule has 0 aromatic carbocycles. The summed E-state index contributed by atoms with van der Waals surface area (Å²) in [7, 11) is 1.59. The van der Waals surface area contributed by atoms with E-state index in [4.69, 9.17) is 9.84 Å². The van der Waals surface area contributed by atoms with Crippen molar-refractivity contribution in [2.45, 2.75) is 25.7 Å². The zero-order valence-electron chi connectivity index (χ0n) is 13.0. The normalized spacial score (nSPS) is 12.0. The molecule has 0 unspecified atom stereocenters. The van der Waals surface area contributed by atoms with E-state index in [-0.39, 0.29) is 0 Å². The van der Waals surface area contributed by atoms with Gasteiger partial charge >= 0.3 is 0 Å². The minimum atomic E-state index is -0.411. The zero-order chi connectivity index (χ0) is 16.8. The van der Waals surface area contributed by atoms with Gasteiger partial charge in [-0.05, 0) is 30.9 Å². The molecule has 0 spiro atoms. The van der Waals surface area contributed by atoms with Crippen LogP contribution in [0, 0.1) is 0 Å². The highest BCUT2D eigenvalue weighted by atomic mass is 16.5. The van der Waals surface area contributed by atoms with Gasteiger partial charge in [0.15, 0.2) is 12.0 Å². The van der Waals surface area contributed by atoms with Crippen molar-refractivity contribution in [1.29, 1.82) is 0 Å². The Kier molecular flexibility index (Phi) is 10.8. The average molecular weight is 304 g/mol. The van der Waals surface area contributed by atoms with Crippen molar-refractivity contribution in [1.82, 2.24) is 5.32 Å². The van der Waals surface area contributed by atoms with Gasteiger partial charge in [0.25, 0.3) is 0 Å². The minimum absolute atomic E-state index is 0.331. The van der Waals surface area contributed by atoms with Crippen LogP contribution in [0.5, 0.6) is 0 Å². The fraction of sp³-hybridized carbons (Fsp3) is 0.294. The molecular formula is C17H24N2O3. The first kappa shape index (κ1) is 19.4. The summed E-state index contributed by atoms with van der Waals surface area (Å²) < 4.78 is 5.36. The molecule has 0 aliphatic rings. The molecule has 0 atom stereocenters. The van der Waals surface area contributed by atoms with E-state index in [1.54, 1.807) is 13.3 Å². The highest BCUT2D eigenvalue weighted by molar-refractivity contribution is 5.98. The van der Waals surface area contributed by atoms with Crippen molar-refractivity contribution >= 4 is 12.1 Å². The van der Waals surface area contributed by atoms with Gasteiger partial charge in [-0.3, -0.25) is 9.79 Å². The van der Waals surface area contributed by atoms with Crippen molar-refractivity contribution in [3.05, 3.63) is 61.4 Å². The first-order valence-electron chi connectivity index (χ1n) is 6.91. The fourth-order valence-electron chi connectivity index (χ4n) is 1.40. The number of nitrogens with zero attached hydrogens (tertiary/aromatic N) is 1. The first-order valence-corrected chi connectivity index (χ1v) is 6.91. The third kappa shape index (κ3) is 9.36. The third-order valence-corrected chi connectivity index (χ3v) is 2.61. The number of amidine groups is 1. The molecule has 0 aromatic heterocycles. The lowest BCUT2D eigenvalue weighted by Crippen LogP contribution is -2.20. The van der Waals surface area contributed by atoms with Gasteiger partial charge < -0.3 is 15.2 Å². The molecule has 0 aliphatic heterocycles. The molecule has 120 valence electrons. The van der Waals surface area contributed by atoms with Gasteiger partial charge in [0, 0.05) is 19.7 Å². The molecule has 22 heavy (non-hydrogen) atoms. The molecular weight excluding hydrogens is 280 g/mol. The van der Waals surface area contributed by atoms with E-state index in [0.717, 1.165) is 24.6 Å². The summed E-state index contributed by atoms with van der Waals surface area (Å²) in [4.78, 5) is 14.3. The van der Waals surface area contributed by atoms with Crippen LogP contribution in [0.15, 0.2) is 66.4 Å². The molecule has 0 saturated heterocycles. The Morgan fingerprint density at radius 2 is 2.05 bits per heavy atom. The van der Waals surface area contributed by atoms with Gasteiger partial charge in [-0.25, -0.2) is 0 Å². The lowest BCUT2D eigenvalue weighted by Gasteiger charge is -2.10. The van der Waals surface area contributed by atoms with Crippen LogP contribution in [-0.4, -0.2) is 24.3 Å². The Balaban J connectivity index is 4.19. The van der Waals surface area contributed by atoms with E-state index in [0.29, 0.717) is 30.7 Å². The van der Waals surface area contributed by atoms with Gasteiger partial charge in [-0.1, -0.05) is 19.2 Å². The Labute approximate surface area is 132 Å². The molecule has 2 N–H and O–H groups in total. The maximum absolute atomic E-state index is 10.3. The Bertz CT molecular complexity index is 488. The molecule has 0 fully saturated rings. The van der Waals surface area contributed by atoms with E-state index in [9.17, 15) is 4.79 Å². The molecule has 5 nitrogen and oxygen atoms in total. The zero-order valence-corrected chi connectivity index (χ0v) is 13.0. The van der Waals surface area contributed by atoms with Crippen molar-refractivity contribution < 1.29 is 14.6 Å². The number of aliphatic hydroxyl groups is 1. The molecule has 0 rings (SSSR count). The molecule has 0 aliphatic carbocycles. The smallest absolute Gasteiger partial charge is 0.185 e. The van der Waals surface area contributed by atoms with Crippen molar-refractivity contribution in [2.24, 2.45) is 4.99 Å². The number of nitrogens with one attached hydrogen (secondary N) is 1. The van der Waals surface area contributed by atoms with Crippen molar-refractivity contribution in [2.75, 3.05) is 7.05 Å². The lowest BCUT2D eigenvalue weighted by molar-refractivity contribution is -0.107. The quantitative estimate of drug-likeness (QED) is 0.116. The largest absolute Gasteiger partial charge is 0.504 e. The highest BCUT2D eigenvalue weighted by Gasteiger charge is 2.04. The topological polar surface area (TPSA) is 70.9 Å². The Morgan fingerprint density at radius 1 is 1.32 bits per heavy atom. The number of rotatable bonds is 11. The number of aliphatic hydroxyl groups excluding tert-OH is 1. The number of allylic oxidation sites excluding steroid dienone is 4. The van der Waals surface area contributed by atoms with Crippen LogP contribution in [0.2, 0.25) is 0 Å². The van der Waals surface area contributed by atoms with E-state index in [2.05, 4.69) is 30.0 Å². The van der Waals surface area contributed by atoms with Gasteiger partial charge in [-0.2, -0.15) is 0 Å². The van der Waals surface area contributed by atoms with Crippen LogP contribution in [0.1, 0.15) is 25.7 Å². The van der Waals surface area contributed by atoms with E-state index < -0.39 is 5.76 Å². The number of carbonyl (C=O) groups is 1. The second-order valence-corrected chi connectivity index (χ2v) is 4.40. The lowest BCUT2D eigenvalue weighted by atomic mass is 10.1. The molecule has 0 aromatic rings. The van der Waals surface area contributed by atoms with Gasteiger partial charge in [0.2, 0.25) is 0 Å². The Morgan fingerprint density at radius 3 is 2.64 bits per heavy atom. The second-order valence-electron chi connectivity index (χ2n) is 4.40. The first-order chi connectivity index (χ1) is 10.5. The third-order valence-electron chi connectivity index (χ3n) is 2.61. The molecule has 0 heterocycles. The predicted octanol–water partition coefficient (Wildman–Crippen LogP) is 3.55. The number of carbonyl (C=O) groups excluding carboxylic acids is 1. The van der Waals surface area contributed by atoms with Crippen LogP contribution in [0.4, 0.5) is 0 Å². The average Bonchev–Trinajstić information content (AvgIpc) is 2.52. The van der Waals surface area contributed by atoms with Crippen LogP contribution < -0.4 is 5.32 Å². The maximum Gasteiger partial charge on any atom is 0.185 e. The fourth-order valence-corrected chi connectivity index (χ4v) is 1.40. The van der Waals surface area contributed by atoms with Crippen molar-refractivity contribution in [3.63, 3.8) is 0 Å². The van der Waals surface area contributed by atoms with Gasteiger partial charge in [0.05, 0.1) is 12.0 Å². The molecule has 0 bridgehead atoms. The summed E-state index contributed by atoms with van der Waals surface area (Å²) in [6.07, 6.45) is 9.84. The number of hydrogen-bond donors (Lipinski definition) is 2. The number of ether oxygens (including phenoxy) is 1. The Hall–Kier alpha value is -2.56. The van der Waals surface area contributed by atoms with Crippen LogP contribution >= 0.6 is 0 Å². The second kappa shape index (κ2) is 12.2. The number of aliphatic imine (C=N–C) groups is 1. The van der Waals surface area contributed by atoms with Crippen LogP contribution in [-0.2, 0) is 9.53 Å². The van der Waals surface area contributed by atoms with E-state index in [1.807, 2.05) is 12.2 Å². The number of unbranched alkanes of at least 4 members (excludes halogenated alkanes) is 1. The van der Waals surface area contributed by atoms with Gasteiger partial charge in [-0.15, -0.1) is 6.58 Å². The SMILES string of the molecule is C=CCC/C=C/OC(=C)CCC(=C)C(=NC)N/C=C(/O)C=O. The predicted molar refractivity (Wildman–Crippen MR) is 90.4 cm³/mol. The van der Waals surface area contributed by atoms with E-state index >= 15 is 0 Å². The summed E-state index contributed by atoms with van der Waals surface area (Å²) in [6.45, 7) is 11.4.